The molecule has 1 fully saturated rings. The Morgan fingerprint density at radius 1 is 1.41 bits per heavy atom. The molecule has 0 bridgehead atoms. The number of hydrogen-bond acceptors (Lipinski definition) is 4. The molecule has 5 heteroatoms. The minimum Gasteiger partial charge on any atom is -0.384 e. The van der Waals surface area contributed by atoms with Crippen LogP contribution in [0.3, 0.4) is 0 Å². The number of nitrogens with two attached hydrogens (primary N) is 1. The third-order valence-corrected chi connectivity index (χ3v) is 2.74. The molecule has 2 N–H and O–H groups in total. The molecule has 17 heavy (non-hydrogen) atoms. The molecule has 1 aromatic heterocycles. The molecule has 0 spiro atoms. The molecular weight excluding hydrogens is 218 g/mol. The van der Waals surface area contributed by atoms with Crippen LogP contribution < -0.4 is 5.73 Å². The van der Waals surface area contributed by atoms with Crippen LogP contribution in [0, 0.1) is 0 Å². The lowest BCUT2D eigenvalue weighted by Gasteiger charge is -2.35. The molecule has 1 aliphatic rings. The van der Waals surface area contributed by atoms with Gasteiger partial charge in [-0.2, -0.15) is 0 Å². The summed E-state index contributed by atoms with van der Waals surface area (Å²) in [5, 5.41) is 0. The van der Waals surface area contributed by atoms with Gasteiger partial charge in [0.25, 0.3) is 5.91 Å². The lowest BCUT2D eigenvalue weighted by atomic mass is 10.2. The quantitative estimate of drug-likeness (QED) is 0.785. The van der Waals surface area contributed by atoms with E-state index in [9.17, 15) is 4.79 Å². The number of morpholine rings is 1. The fourth-order valence-corrected chi connectivity index (χ4v) is 2.06. The number of nitrogen functional groups attached to an aromatic ring is 1. The van der Waals surface area contributed by atoms with Gasteiger partial charge >= 0.3 is 0 Å². The van der Waals surface area contributed by atoms with Crippen molar-refractivity contribution in [2.75, 3.05) is 18.8 Å². The van der Waals surface area contributed by atoms with Gasteiger partial charge < -0.3 is 15.4 Å². The topological polar surface area (TPSA) is 68.5 Å². The van der Waals surface area contributed by atoms with Gasteiger partial charge in [0.05, 0.1) is 17.8 Å². The summed E-state index contributed by atoms with van der Waals surface area (Å²) in [6.07, 6.45) is 1.66. The zero-order valence-corrected chi connectivity index (χ0v) is 10.1. The Hall–Kier alpha value is -1.62. The van der Waals surface area contributed by atoms with Gasteiger partial charge in [0, 0.05) is 19.3 Å². The second kappa shape index (κ2) is 4.71. The van der Waals surface area contributed by atoms with Crippen LogP contribution in [-0.4, -0.2) is 41.1 Å². The second-order valence-corrected chi connectivity index (χ2v) is 4.44. The minimum absolute atomic E-state index is 0.0144. The fourth-order valence-electron chi connectivity index (χ4n) is 2.06. The lowest BCUT2D eigenvalue weighted by Crippen LogP contribution is -2.48. The third kappa shape index (κ3) is 2.74. The van der Waals surface area contributed by atoms with Crippen molar-refractivity contribution in [3.05, 3.63) is 23.9 Å². The molecule has 0 saturated carbocycles. The zero-order chi connectivity index (χ0) is 12.4. The summed E-state index contributed by atoms with van der Waals surface area (Å²) in [5.74, 6) is 0.407. The van der Waals surface area contributed by atoms with Gasteiger partial charge in [-0.3, -0.25) is 4.79 Å². The van der Waals surface area contributed by atoms with Gasteiger partial charge in [0.15, 0.2) is 0 Å². The summed E-state index contributed by atoms with van der Waals surface area (Å²) in [6, 6.07) is 3.34. The number of amides is 1. The number of rotatable bonds is 1. The molecule has 0 radical (unpaired) electrons. The van der Waals surface area contributed by atoms with E-state index in [0.717, 1.165) is 0 Å². The Labute approximate surface area is 101 Å². The van der Waals surface area contributed by atoms with Gasteiger partial charge in [-0.25, -0.2) is 4.98 Å². The van der Waals surface area contributed by atoms with Crippen molar-refractivity contribution in [1.82, 2.24) is 9.88 Å². The molecule has 0 aromatic carbocycles. The van der Waals surface area contributed by atoms with Gasteiger partial charge in [-0.15, -0.1) is 0 Å². The molecule has 92 valence electrons. The molecule has 1 amide bonds. The maximum atomic E-state index is 12.2. The highest BCUT2D eigenvalue weighted by atomic mass is 16.5. The van der Waals surface area contributed by atoms with E-state index in [0.29, 0.717) is 24.5 Å². The summed E-state index contributed by atoms with van der Waals surface area (Å²) in [6.45, 7) is 5.18. The van der Waals surface area contributed by atoms with E-state index in [1.54, 1.807) is 17.0 Å². The summed E-state index contributed by atoms with van der Waals surface area (Å²) >= 11 is 0. The van der Waals surface area contributed by atoms with Crippen LogP contribution in [0.1, 0.15) is 24.2 Å². The van der Waals surface area contributed by atoms with Gasteiger partial charge in [-0.1, -0.05) is 0 Å². The van der Waals surface area contributed by atoms with Gasteiger partial charge in [0.2, 0.25) is 0 Å². The van der Waals surface area contributed by atoms with Gasteiger partial charge in [-0.05, 0) is 26.0 Å². The van der Waals surface area contributed by atoms with E-state index in [1.807, 2.05) is 13.8 Å². The number of nitrogens with zero attached hydrogens (tertiary/aromatic N) is 2. The SMILES string of the molecule is CC1CN(C(=O)c2ccc(N)nc2)C[C@@H](C)O1. The molecule has 1 unspecified atom stereocenters. The molecule has 0 aliphatic carbocycles. The van der Waals surface area contributed by atoms with Crippen molar-refractivity contribution in [1.29, 1.82) is 0 Å². The van der Waals surface area contributed by atoms with Crippen LogP contribution in [-0.2, 0) is 4.74 Å². The first kappa shape index (κ1) is 11.9. The Morgan fingerprint density at radius 2 is 2.06 bits per heavy atom. The van der Waals surface area contributed by atoms with Crippen LogP contribution in [0.5, 0.6) is 0 Å². The minimum atomic E-state index is -0.0144. The maximum absolute atomic E-state index is 12.2. The van der Waals surface area contributed by atoms with E-state index in [2.05, 4.69) is 4.98 Å². The Kier molecular flexibility index (Phi) is 3.28. The van der Waals surface area contributed by atoms with Gasteiger partial charge in [0.1, 0.15) is 5.82 Å². The number of aromatic nitrogens is 1. The summed E-state index contributed by atoms with van der Waals surface area (Å²) in [4.78, 5) is 17.9. The molecule has 1 aliphatic heterocycles. The van der Waals surface area contributed by atoms with Crippen molar-refractivity contribution in [2.45, 2.75) is 26.1 Å². The van der Waals surface area contributed by atoms with Crippen molar-refractivity contribution < 1.29 is 9.53 Å². The van der Waals surface area contributed by atoms with E-state index < -0.39 is 0 Å². The second-order valence-electron chi connectivity index (χ2n) is 4.44. The fraction of sp³-hybridized carbons (Fsp3) is 0.500. The monoisotopic (exact) mass is 235 g/mol. The predicted octanol–water partition coefficient (Wildman–Crippen LogP) is 0.913. The Bertz CT molecular complexity index is 395. The lowest BCUT2D eigenvalue weighted by molar-refractivity contribution is -0.0586. The number of carbonyl (C=O) groups excluding carboxylic acids is 1. The molecule has 2 rings (SSSR count). The first-order valence-corrected chi connectivity index (χ1v) is 5.72. The molecule has 2 heterocycles. The van der Waals surface area contributed by atoms with Crippen molar-refractivity contribution in [3.63, 3.8) is 0 Å². The Morgan fingerprint density at radius 3 is 2.59 bits per heavy atom. The maximum Gasteiger partial charge on any atom is 0.255 e. The third-order valence-electron chi connectivity index (χ3n) is 2.74. The smallest absolute Gasteiger partial charge is 0.255 e. The zero-order valence-electron chi connectivity index (χ0n) is 10.1. The highest BCUT2D eigenvalue weighted by Crippen LogP contribution is 2.14. The summed E-state index contributed by atoms with van der Waals surface area (Å²) in [7, 11) is 0. The summed E-state index contributed by atoms with van der Waals surface area (Å²) in [5.41, 5.74) is 6.06. The molecule has 5 nitrogen and oxygen atoms in total. The van der Waals surface area contributed by atoms with Crippen LogP contribution in [0.15, 0.2) is 18.3 Å². The van der Waals surface area contributed by atoms with E-state index in [1.165, 1.54) is 6.20 Å². The number of anilines is 1. The first-order chi connectivity index (χ1) is 8.06. The number of ether oxygens (including phenoxy) is 1. The summed E-state index contributed by atoms with van der Waals surface area (Å²) < 4.78 is 5.59. The van der Waals surface area contributed by atoms with Crippen molar-refractivity contribution in [2.24, 2.45) is 0 Å². The van der Waals surface area contributed by atoms with Crippen LogP contribution in [0.2, 0.25) is 0 Å². The first-order valence-electron chi connectivity index (χ1n) is 5.72. The van der Waals surface area contributed by atoms with E-state index in [-0.39, 0.29) is 18.1 Å². The van der Waals surface area contributed by atoms with Crippen molar-refractivity contribution in [3.8, 4) is 0 Å². The molecular formula is C12H17N3O2. The molecule has 2 atom stereocenters. The van der Waals surface area contributed by atoms with Crippen LogP contribution in [0.25, 0.3) is 0 Å². The molecule has 1 aromatic rings. The Balaban J connectivity index is 2.11. The highest BCUT2D eigenvalue weighted by molar-refractivity contribution is 5.94. The average molecular weight is 235 g/mol. The van der Waals surface area contributed by atoms with E-state index >= 15 is 0 Å². The average Bonchev–Trinajstić information content (AvgIpc) is 2.28. The largest absolute Gasteiger partial charge is 0.384 e. The highest BCUT2D eigenvalue weighted by Gasteiger charge is 2.26. The van der Waals surface area contributed by atoms with Crippen molar-refractivity contribution >= 4 is 11.7 Å². The number of pyridine rings is 1. The standard InChI is InChI=1S/C12H17N3O2/c1-8-6-15(7-9(2)17-8)12(16)10-3-4-11(13)14-5-10/h3-5,8-9H,6-7H2,1-2H3,(H2,13,14)/t8-,9?/m1/s1. The number of carbonyl (C=O) groups is 1. The van der Waals surface area contributed by atoms with Crippen LogP contribution >= 0.6 is 0 Å². The predicted molar refractivity (Wildman–Crippen MR) is 64.6 cm³/mol. The van der Waals surface area contributed by atoms with Crippen LogP contribution in [0.4, 0.5) is 5.82 Å². The normalized spacial score (nSPS) is 24.7. The molecule has 1 saturated heterocycles. The van der Waals surface area contributed by atoms with E-state index in [4.69, 9.17) is 10.5 Å². The number of hydrogen-bond donors (Lipinski definition) is 1.